The highest BCUT2D eigenvalue weighted by Crippen LogP contribution is 2.14. The Morgan fingerprint density at radius 3 is 1.72 bits per heavy atom. The highest BCUT2D eigenvalue weighted by atomic mass is 16.7. The lowest BCUT2D eigenvalue weighted by Gasteiger charge is -2.01. The average Bonchev–Trinajstić information content (AvgIpc) is 2.28. The fraction of sp³-hybridized carbons (Fsp3) is 0.125. The van der Waals surface area contributed by atoms with Crippen molar-refractivity contribution in [1.29, 1.82) is 0 Å². The number of rotatable bonds is 5. The number of carbonyl (C=O) groups is 1. The number of nitro benzene ring substituents is 1. The van der Waals surface area contributed by atoms with E-state index in [9.17, 15) is 35.1 Å². The molecular weight excluding hydrogens is 250 g/mol. The fourth-order valence-electron chi connectivity index (χ4n) is 1.16. The number of hydrogen-bond acceptors (Lipinski definition) is 7. The molecule has 0 saturated heterocycles. The van der Waals surface area contributed by atoms with Crippen LogP contribution < -0.4 is 0 Å². The van der Waals surface area contributed by atoms with Crippen molar-refractivity contribution in [3.8, 4) is 0 Å². The van der Waals surface area contributed by atoms with Gasteiger partial charge in [-0.2, -0.15) is 0 Å². The number of carbonyl (C=O) groups excluding carboxylic acids is 1. The molecule has 94 valence electrons. The second kappa shape index (κ2) is 4.95. The number of benzene rings is 1. The Kier molecular flexibility index (Phi) is 3.62. The zero-order valence-electron chi connectivity index (χ0n) is 8.59. The molecule has 1 rings (SSSR count). The van der Waals surface area contributed by atoms with Crippen LogP contribution in [0.4, 0.5) is 5.69 Å². The summed E-state index contributed by atoms with van der Waals surface area (Å²) in [7, 11) is 0. The van der Waals surface area contributed by atoms with Crippen LogP contribution in [0.2, 0.25) is 0 Å². The van der Waals surface area contributed by atoms with Gasteiger partial charge in [0, 0.05) is 17.7 Å². The standard InChI is InChI=1S/C8H5N3O7/c12-7(8(10(15)16)11(17)18)5-1-3-6(4-2-5)9(13)14/h1-4,8H. The molecule has 0 spiro atoms. The lowest BCUT2D eigenvalue weighted by Crippen LogP contribution is -2.37. The Labute approximate surface area is 98.3 Å². The topological polar surface area (TPSA) is 146 Å². The van der Waals surface area contributed by atoms with Gasteiger partial charge in [-0.3, -0.25) is 35.1 Å². The Hall–Kier alpha value is -2.91. The van der Waals surface area contributed by atoms with E-state index in [4.69, 9.17) is 0 Å². The first-order valence-electron chi connectivity index (χ1n) is 4.40. The van der Waals surface area contributed by atoms with Crippen LogP contribution in [0.1, 0.15) is 10.4 Å². The first-order valence-corrected chi connectivity index (χ1v) is 4.40. The summed E-state index contributed by atoms with van der Waals surface area (Å²) < 4.78 is 0. The van der Waals surface area contributed by atoms with E-state index in [0.29, 0.717) is 0 Å². The maximum atomic E-state index is 11.5. The minimum atomic E-state index is -2.61. The summed E-state index contributed by atoms with van der Waals surface area (Å²) in [6, 6.07) is 3.73. The van der Waals surface area contributed by atoms with Crippen molar-refractivity contribution in [1.82, 2.24) is 0 Å². The van der Waals surface area contributed by atoms with E-state index in [0.717, 1.165) is 24.3 Å². The van der Waals surface area contributed by atoms with E-state index in [1.165, 1.54) is 0 Å². The predicted octanol–water partition coefficient (Wildman–Crippen LogP) is 0.657. The Bertz CT molecular complexity index is 510. The monoisotopic (exact) mass is 255 g/mol. The molecule has 0 unspecified atom stereocenters. The molecule has 0 amide bonds. The predicted molar refractivity (Wildman–Crippen MR) is 55.2 cm³/mol. The van der Waals surface area contributed by atoms with Crippen molar-refractivity contribution in [2.75, 3.05) is 0 Å². The van der Waals surface area contributed by atoms with Gasteiger partial charge in [0.15, 0.2) is 0 Å². The average molecular weight is 255 g/mol. The molecule has 10 heteroatoms. The van der Waals surface area contributed by atoms with Gasteiger partial charge in [0.1, 0.15) is 9.85 Å². The smallest absolute Gasteiger partial charge is 0.278 e. The molecule has 1 aromatic carbocycles. The van der Waals surface area contributed by atoms with Gasteiger partial charge in [-0.25, -0.2) is 0 Å². The lowest BCUT2D eigenvalue weighted by molar-refractivity contribution is -0.721. The number of Topliss-reactive ketones (excluding diaryl/α,β-unsaturated/α-hetero) is 1. The fourth-order valence-corrected chi connectivity index (χ4v) is 1.16. The SMILES string of the molecule is O=C(c1ccc([N+](=O)[O-])cc1)C([N+](=O)[O-])[N+](=O)[O-]. The molecule has 0 aliphatic heterocycles. The van der Waals surface area contributed by atoms with Crippen molar-refractivity contribution in [3.05, 3.63) is 60.2 Å². The summed E-state index contributed by atoms with van der Waals surface area (Å²) in [5, 5.41) is 31.1. The lowest BCUT2D eigenvalue weighted by atomic mass is 10.1. The summed E-state index contributed by atoms with van der Waals surface area (Å²) in [5.41, 5.74) is -0.663. The van der Waals surface area contributed by atoms with Crippen LogP contribution in [0.15, 0.2) is 24.3 Å². The third-order valence-electron chi connectivity index (χ3n) is 2.00. The van der Waals surface area contributed by atoms with Gasteiger partial charge in [0.05, 0.1) is 4.92 Å². The molecule has 0 bridgehead atoms. The Balaban J connectivity index is 3.06. The van der Waals surface area contributed by atoms with E-state index in [2.05, 4.69) is 0 Å². The maximum absolute atomic E-state index is 11.5. The summed E-state index contributed by atoms with van der Waals surface area (Å²) in [6.07, 6.45) is -2.61. The molecule has 1 aromatic rings. The van der Waals surface area contributed by atoms with E-state index < -0.39 is 26.7 Å². The summed E-state index contributed by atoms with van der Waals surface area (Å²) in [6.45, 7) is 0. The molecule has 0 aliphatic rings. The van der Waals surface area contributed by atoms with E-state index in [-0.39, 0.29) is 11.3 Å². The van der Waals surface area contributed by atoms with Crippen LogP contribution in [0.3, 0.4) is 0 Å². The normalized spacial score (nSPS) is 10.1. The molecule has 18 heavy (non-hydrogen) atoms. The zero-order valence-corrected chi connectivity index (χ0v) is 8.59. The first-order chi connectivity index (χ1) is 8.34. The van der Waals surface area contributed by atoms with Crippen molar-refractivity contribution in [2.45, 2.75) is 6.17 Å². The first kappa shape index (κ1) is 13.2. The van der Waals surface area contributed by atoms with Crippen LogP contribution in [0.5, 0.6) is 0 Å². The zero-order chi connectivity index (χ0) is 13.9. The number of hydrogen-bond donors (Lipinski definition) is 0. The van der Waals surface area contributed by atoms with Crippen LogP contribution in [0, 0.1) is 30.3 Å². The molecule has 0 aromatic heterocycles. The van der Waals surface area contributed by atoms with Gasteiger partial charge in [-0.1, -0.05) is 0 Å². The van der Waals surface area contributed by atoms with Crippen LogP contribution in [-0.4, -0.2) is 26.7 Å². The van der Waals surface area contributed by atoms with Gasteiger partial charge in [0.25, 0.3) is 5.69 Å². The highest BCUT2D eigenvalue weighted by molar-refractivity contribution is 5.98. The molecule has 0 aliphatic carbocycles. The van der Waals surface area contributed by atoms with Crippen LogP contribution in [0.25, 0.3) is 0 Å². The summed E-state index contributed by atoms with van der Waals surface area (Å²) in [4.78, 5) is 39.1. The largest absolute Gasteiger partial charge is 0.512 e. The van der Waals surface area contributed by atoms with E-state index in [1.54, 1.807) is 0 Å². The molecule has 0 atom stereocenters. The van der Waals surface area contributed by atoms with Gasteiger partial charge in [-0.05, 0) is 12.1 Å². The van der Waals surface area contributed by atoms with Gasteiger partial charge >= 0.3 is 11.9 Å². The quantitative estimate of drug-likeness (QED) is 0.324. The summed E-state index contributed by atoms with van der Waals surface area (Å²) in [5.74, 6) is -1.33. The van der Waals surface area contributed by atoms with Gasteiger partial charge in [-0.15, -0.1) is 0 Å². The molecule has 0 fully saturated rings. The van der Waals surface area contributed by atoms with Crippen molar-refractivity contribution < 1.29 is 19.6 Å². The molecule has 10 nitrogen and oxygen atoms in total. The van der Waals surface area contributed by atoms with Crippen molar-refractivity contribution >= 4 is 11.5 Å². The molecular formula is C8H5N3O7. The van der Waals surface area contributed by atoms with Crippen LogP contribution in [-0.2, 0) is 0 Å². The number of ketones is 1. The van der Waals surface area contributed by atoms with E-state index >= 15 is 0 Å². The molecule has 0 saturated carbocycles. The second-order valence-corrected chi connectivity index (χ2v) is 3.11. The maximum Gasteiger partial charge on any atom is 0.512 e. The highest BCUT2D eigenvalue weighted by Gasteiger charge is 2.42. The van der Waals surface area contributed by atoms with Gasteiger partial charge < -0.3 is 0 Å². The van der Waals surface area contributed by atoms with E-state index in [1.807, 2.05) is 0 Å². The second-order valence-electron chi connectivity index (χ2n) is 3.11. The minimum absolute atomic E-state index is 0.328. The van der Waals surface area contributed by atoms with Gasteiger partial charge in [0.2, 0.25) is 0 Å². The summed E-state index contributed by atoms with van der Waals surface area (Å²) >= 11 is 0. The number of non-ortho nitro benzene ring substituents is 1. The Morgan fingerprint density at radius 2 is 1.39 bits per heavy atom. The van der Waals surface area contributed by atoms with Crippen LogP contribution >= 0.6 is 0 Å². The third kappa shape index (κ3) is 2.61. The van der Waals surface area contributed by atoms with Crippen molar-refractivity contribution in [3.63, 3.8) is 0 Å². The minimum Gasteiger partial charge on any atom is -0.278 e. The third-order valence-corrected chi connectivity index (χ3v) is 2.00. The Morgan fingerprint density at radius 1 is 0.944 bits per heavy atom. The molecule has 0 N–H and O–H groups in total. The number of nitrogens with zero attached hydrogens (tertiary/aromatic N) is 3. The molecule has 0 heterocycles. The van der Waals surface area contributed by atoms with Crippen molar-refractivity contribution in [2.24, 2.45) is 0 Å². The number of nitro groups is 3. The molecule has 0 radical (unpaired) electrons.